The van der Waals surface area contributed by atoms with E-state index in [1.807, 2.05) is 0 Å². The smallest absolute Gasteiger partial charge is 0.330 e. The van der Waals surface area contributed by atoms with Crippen LogP contribution in [0.2, 0.25) is 0 Å². The van der Waals surface area contributed by atoms with Gasteiger partial charge in [-0.3, -0.25) is 4.79 Å². The molecule has 0 radical (unpaired) electrons. The number of rotatable bonds is 7. The summed E-state index contributed by atoms with van der Waals surface area (Å²) in [6, 6.07) is 7.58. The third-order valence-corrected chi connectivity index (χ3v) is 2.97. The second-order valence-electron chi connectivity index (χ2n) is 4.71. The summed E-state index contributed by atoms with van der Waals surface area (Å²) in [7, 11) is 0. The first-order valence-electron chi connectivity index (χ1n) is 6.31. The van der Waals surface area contributed by atoms with Gasteiger partial charge in [0.05, 0.1) is 6.61 Å². The average molecular weight is 263 g/mol. The number of carboxylic acids is 1. The zero-order valence-corrected chi connectivity index (χ0v) is 10.5. The average Bonchev–Trinajstić information content (AvgIpc) is 3.21. The Bertz CT molecular complexity index is 442. The van der Waals surface area contributed by atoms with Crippen molar-refractivity contribution in [1.82, 2.24) is 5.32 Å². The minimum atomic E-state index is -1.08. The Kier molecular flexibility index (Phi) is 4.52. The number of hydrogen-bond acceptors (Lipinski definition) is 3. The topological polar surface area (TPSA) is 75.6 Å². The van der Waals surface area contributed by atoms with Crippen molar-refractivity contribution in [2.75, 3.05) is 13.2 Å². The molecule has 102 valence electrons. The van der Waals surface area contributed by atoms with Crippen LogP contribution in [0.3, 0.4) is 0 Å². The molecular weight excluding hydrogens is 246 g/mol. The van der Waals surface area contributed by atoms with Crippen LogP contribution in [0.25, 0.3) is 0 Å². The summed E-state index contributed by atoms with van der Waals surface area (Å²) in [5.74, 6) is -0.907. The van der Waals surface area contributed by atoms with Gasteiger partial charge < -0.3 is 15.2 Å². The molecule has 5 heteroatoms. The van der Waals surface area contributed by atoms with Gasteiger partial charge in [0.2, 0.25) is 5.91 Å². The minimum absolute atomic E-state index is 0.0902. The van der Waals surface area contributed by atoms with Gasteiger partial charge in [0, 0.05) is 0 Å². The molecule has 1 aliphatic rings. The van der Waals surface area contributed by atoms with Crippen LogP contribution in [-0.4, -0.2) is 30.2 Å². The molecule has 1 fully saturated rings. The van der Waals surface area contributed by atoms with Gasteiger partial charge in [0.1, 0.15) is 6.61 Å². The minimum Gasteiger partial charge on any atom is -0.479 e. The van der Waals surface area contributed by atoms with Gasteiger partial charge in [0.25, 0.3) is 0 Å². The lowest BCUT2D eigenvalue weighted by molar-refractivity contribution is -0.142. The Hall–Kier alpha value is -1.88. The van der Waals surface area contributed by atoms with Crippen molar-refractivity contribution in [3.63, 3.8) is 0 Å². The fourth-order valence-electron chi connectivity index (χ4n) is 1.74. The molecule has 1 aromatic carbocycles. The summed E-state index contributed by atoms with van der Waals surface area (Å²) in [6.45, 7) is 0.490. The predicted octanol–water partition coefficient (Wildman–Crippen LogP) is 1.36. The lowest BCUT2D eigenvalue weighted by Crippen LogP contribution is -2.36. The Labute approximate surface area is 111 Å². The van der Waals surface area contributed by atoms with E-state index < -0.39 is 17.9 Å². The molecule has 0 saturated heterocycles. The number of carboxylic acid groups (broad SMARTS) is 1. The fourth-order valence-corrected chi connectivity index (χ4v) is 1.74. The van der Waals surface area contributed by atoms with E-state index in [9.17, 15) is 9.59 Å². The van der Waals surface area contributed by atoms with Crippen LogP contribution < -0.4 is 5.32 Å². The largest absolute Gasteiger partial charge is 0.479 e. The highest BCUT2D eigenvalue weighted by Gasteiger charge is 2.24. The van der Waals surface area contributed by atoms with Gasteiger partial charge in [-0.15, -0.1) is 0 Å². The van der Waals surface area contributed by atoms with Crippen molar-refractivity contribution in [3.8, 4) is 0 Å². The molecule has 0 heterocycles. The molecule has 0 unspecified atom stereocenters. The Morgan fingerprint density at radius 1 is 1.32 bits per heavy atom. The molecule has 2 N–H and O–H groups in total. The first-order chi connectivity index (χ1) is 9.16. The zero-order valence-electron chi connectivity index (χ0n) is 10.5. The first kappa shape index (κ1) is 13.5. The van der Waals surface area contributed by atoms with E-state index in [1.54, 1.807) is 30.3 Å². The summed E-state index contributed by atoms with van der Waals surface area (Å²) in [5.41, 5.74) is 0.547. The van der Waals surface area contributed by atoms with E-state index in [1.165, 1.54) is 0 Å². The number of amides is 1. The number of nitrogens with one attached hydrogen (secondary N) is 1. The van der Waals surface area contributed by atoms with E-state index in [-0.39, 0.29) is 6.61 Å². The third kappa shape index (κ3) is 4.37. The molecule has 0 aromatic heterocycles. The molecule has 19 heavy (non-hydrogen) atoms. The second-order valence-corrected chi connectivity index (χ2v) is 4.71. The zero-order chi connectivity index (χ0) is 13.7. The van der Waals surface area contributed by atoms with Crippen LogP contribution >= 0.6 is 0 Å². The molecule has 1 amide bonds. The first-order valence-corrected chi connectivity index (χ1v) is 6.31. The van der Waals surface area contributed by atoms with Gasteiger partial charge in [-0.25, -0.2) is 4.79 Å². The fraction of sp³-hybridized carbons (Fsp3) is 0.429. The lowest BCUT2D eigenvalue weighted by atomic mass is 10.1. The number of carbonyl (C=O) groups is 2. The predicted molar refractivity (Wildman–Crippen MR) is 68.5 cm³/mol. The highest BCUT2D eigenvalue weighted by molar-refractivity contribution is 5.85. The number of hydrogen-bond donors (Lipinski definition) is 2. The highest BCUT2D eigenvalue weighted by atomic mass is 16.5. The van der Waals surface area contributed by atoms with E-state index in [0.717, 1.165) is 12.8 Å². The van der Waals surface area contributed by atoms with Crippen molar-refractivity contribution >= 4 is 11.9 Å². The summed E-state index contributed by atoms with van der Waals surface area (Å²) in [6.07, 6.45) is 2.31. The third-order valence-electron chi connectivity index (χ3n) is 2.97. The van der Waals surface area contributed by atoms with Crippen molar-refractivity contribution in [2.24, 2.45) is 5.92 Å². The Balaban J connectivity index is 1.85. The van der Waals surface area contributed by atoms with E-state index in [4.69, 9.17) is 9.84 Å². The SMILES string of the molecule is O=C(COCC1CC1)N[C@@H](C(=O)O)c1ccccc1. The normalized spacial score (nSPS) is 15.8. The number of ether oxygens (including phenoxy) is 1. The van der Waals surface area contributed by atoms with Gasteiger partial charge >= 0.3 is 5.97 Å². The van der Waals surface area contributed by atoms with Gasteiger partial charge in [-0.2, -0.15) is 0 Å². The van der Waals surface area contributed by atoms with E-state index in [0.29, 0.717) is 18.1 Å². The number of aliphatic carboxylic acids is 1. The molecule has 1 saturated carbocycles. The molecular formula is C14H17NO4. The van der Waals surface area contributed by atoms with Crippen molar-refractivity contribution < 1.29 is 19.4 Å². The molecule has 5 nitrogen and oxygen atoms in total. The monoisotopic (exact) mass is 263 g/mol. The van der Waals surface area contributed by atoms with Crippen LogP contribution in [0.1, 0.15) is 24.4 Å². The molecule has 0 spiro atoms. The molecule has 1 atom stereocenters. The van der Waals surface area contributed by atoms with E-state index in [2.05, 4.69) is 5.32 Å². The summed E-state index contributed by atoms with van der Waals surface area (Å²) in [4.78, 5) is 22.8. The van der Waals surface area contributed by atoms with Crippen LogP contribution in [0, 0.1) is 5.92 Å². The molecule has 1 aliphatic carbocycles. The maximum absolute atomic E-state index is 11.6. The van der Waals surface area contributed by atoms with Crippen molar-refractivity contribution in [2.45, 2.75) is 18.9 Å². The summed E-state index contributed by atoms with van der Waals surface area (Å²) >= 11 is 0. The van der Waals surface area contributed by atoms with Crippen molar-refractivity contribution in [3.05, 3.63) is 35.9 Å². The molecule has 0 bridgehead atoms. The Morgan fingerprint density at radius 3 is 2.58 bits per heavy atom. The van der Waals surface area contributed by atoms with Gasteiger partial charge in [0.15, 0.2) is 6.04 Å². The van der Waals surface area contributed by atoms with Crippen LogP contribution in [0.4, 0.5) is 0 Å². The number of benzene rings is 1. The quantitative estimate of drug-likeness (QED) is 0.778. The highest BCUT2D eigenvalue weighted by Crippen LogP contribution is 2.28. The molecule has 2 rings (SSSR count). The Morgan fingerprint density at radius 2 is 2.00 bits per heavy atom. The maximum Gasteiger partial charge on any atom is 0.330 e. The molecule has 0 aliphatic heterocycles. The van der Waals surface area contributed by atoms with Crippen molar-refractivity contribution in [1.29, 1.82) is 0 Å². The molecule has 1 aromatic rings. The standard InChI is InChI=1S/C14H17NO4/c16-12(9-19-8-10-6-7-10)15-13(14(17)18)11-4-2-1-3-5-11/h1-5,10,13H,6-9H2,(H,15,16)(H,17,18)/t13-/m1/s1. The summed E-state index contributed by atoms with van der Waals surface area (Å²) in [5, 5.41) is 11.6. The van der Waals surface area contributed by atoms with E-state index >= 15 is 0 Å². The van der Waals surface area contributed by atoms with Gasteiger partial charge in [-0.1, -0.05) is 30.3 Å². The maximum atomic E-state index is 11.6. The second kappa shape index (κ2) is 6.33. The number of carbonyl (C=O) groups excluding carboxylic acids is 1. The van der Waals surface area contributed by atoms with Crippen LogP contribution in [0.5, 0.6) is 0 Å². The lowest BCUT2D eigenvalue weighted by Gasteiger charge is -2.14. The van der Waals surface area contributed by atoms with Gasteiger partial charge in [-0.05, 0) is 24.3 Å². The summed E-state index contributed by atoms with van der Waals surface area (Å²) < 4.78 is 5.23. The van der Waals surface area contributed by atoms with Crippen LogP contribution in [-0.2, 0) is 14.3 Å². The van der Waals surface area contributed by atoms with Crippen LogP contribution in [0.15, 0.2) is 30.3 Å².